The van der Waals surface area contributed by atoms with Gasteiger partial charge in [0.05, 0.1) is 11.6 Å². The molecule has 0 aromatic heterocycles. The van der Waals surface area contributed by atoms with E-state index in [-0.39, 0.29) is 23.1 Å². The minimum atomic E-state index is -0.968. The molecule has 0 saturated carbocycles. The van der Waals surface area contributed by atoms with Crippen molar-refractivity contribution < 1.29 is 14.7 Å². The Kier molecular flexibility index (Phi) is 3.22. The Bertz CT molecular complexity index is 502. The first kappa shape index (κ1) is 13.4. The van der Waals surface area contributed by atoms with Gasteiger partial charge in [0.15, 0.2) is 0 Å². The van der Waals surface area contributed by atoms with Gasteiger partial charge in [0.25, 0.3) is 0 Å². The molecule has 19 heavy (non-hydrogen) atoms. The van der Waals surface area contributed by atoms with E-state index in [1.165, 1.54) is 12.1 Å². The maximum atomic E-state index is 11.9. The molecule has 0 bridgehead atoms. The van der Waals surface area contributed by atoms with Crippen LogP contribution in [0.5, 0.6) is 0 Å². The van der Waals surface area contributed by atoms with Crippen LogP contribution in [-0.2, 0) is 0 Å². The second kappa shape index (κ2) is 4.57. The summed E-state index contributed by atoms with van der Waals surface area (Å²) in [4.78, 5) is 24.4. The first-order chi connectivity index (χ1) is 8.79. The first-order valence-electron chi connectivity index (χ1n) is 6.20. The standard InChI is InChI=1S/C14H18N2O3/c1-14(2,3)11-8-16(13(19)15-11)10-6-4-9(5-7-10)12(17)18/h4-7,11H,8H2,1-3H3,(H,15,19)(H,17,18). The second-order valence-electron chi connectivity index (χ2n) is 5.83. The predicted octanol–water partition coefficient (Wildman–Crippen LogP) is 2.33. The van der Waals surface area contributed by atoms with E-state index in [1.807, 2.05) is 0 Å². The number of nitrogens with zero attached hydrogens (tertiary/aromatic N) is 1. The zero-order valence-electron chi connectivity index (χ0n) is 11.3. The first-order valence-corrected chi connectivity index (χ1v) is 6.20. The third-order valence-electron chi connectivity index (χ3n) is 3.38. The number of anilines is 1. The van der Waals surface area contributed by atoms with Gasteiger partial charge in [-0.25, -0.2) is 9.59 Å². The number of carboxylic acid groups (broad SMARTS) is 1. The van der Waals surface area contributed by atoms with Gasteiger partial charge in [-0.15, -0.1) is 0 Å². The van der Waals surface area contributed by atoms with Gasteiger partial charge in [0, 0.05) is 12.2 Å². The van der Waals surface area contributed by atoms with E-state index >= 15 is 0 Å². The molecule has 2 N–H and O–H groups in total. The summed E-state index contributed by atoms with van der Waals surface area (Å²) < 4.78 is 0. The van der Waals surface area contributed by atoms with Gasteiger partial charge >= 0.3 is 12.0 Å². The predicted molar refractivity (Wildman–Crippen MR) is 72.5 cm³/mol. The Labute approximate surface area is 112 Å². The summed E-state index contributed by atoms with van der Waals surface area (Å²) in [6, 6.07) is 6.29. The third kappa shape index (κ3) is 2.70. The van der Waals surface area contributed by atoms with Crippen LogP contribution in [0, 0.1) is 5.41 Å². The van der Waals surface area contributed by atoms with Gasteiger partial charge in [0.1, 0.15) is 0 Å². The van der Waals surface area contributed by atoms with E-state index in [0.29, 0.717) is 12.2 Å². The molecule has 1 aliphatic rings. The Balaban J connectivity index is 2.19. The van der Waals surface area contributed by atoms with Crippen LogP contribution in [0.1, 0.15) is 31.1 Å². The summed E-state index contributed by atoms with van der Waals surface area (Å²) in [7, 11) is 0. The van der Waals surface area contributed by atoms with Crippen molar-refractivity contribution in [2.75, 3.05) is 11.4 Å². The monoisotopic (exact) mass is 262 g/mol. The van der Waals surface area contributed by atoms with Crippen molar-refractivity contribution in [3.05, 3.63) is 29.8 Å². The van der Waals surface area contributed by atoms with Crippen LogP contribution < -0.4 is 10.2 Å². The Morgan fingerprint density at radius 2 is 1.89 bits per heavy atom. The number of carbonyl (C=O) groups excluding carboxylic acids is 1. The number of amides is 2. The minimum absolute atomic E-state index is 0.00852. The highest BCUT2D eigenvalue weighted by Gasteiger charge is 2.36. The van der Waals surface area contributed by atoms with Gasteiger partial charge < -0.3 is 10.4 Å². The fraction of sp³-hybridized carbons (Fsp3) is 0.429. The van der Waals surface area contributed by atoms with E-state index in [9.17, 15) is 9.59 Å². The maximum absolute atomic E-state index is 11.9. The van der Waals surface area contributed by atoms with Crippen molar-refractivity contribution in [2.45, 2.75) is 26.8 Å². The fourth-order valence-electron chi connectivity index (χ4n) is 2.04. The lowest BCUT2D eigenvalue weighted by atomic mass is 9.87. The smallest absolute Gasteiger partial charge is 0.335 e. The number of nitrogens with one attached hydrogen (secondary N) is 1. The van der Waals surface area contributed by atoms with Crippen molar-refractivity contribution in [3.8, 4) is 0 Å². The van der Waals surface area contributed by atoms with Crippen LogP contribution >= 0.6 is 0 Å². The lowest BCUT2D eigenvalue weighted by Gasteiger charge is -2.26. The number of carboxylic acids is 1. The van der Waals surface area contributed by atoms with E-state index in [2.05, 4.69) is 26.1 Å². The molecule has 1 aliphatic heterocycles. The number of rotatable bonds is 2. The molecular weight excluding hydrogens is 244 g/mol. The number of urea groups is 1. The van der Waals surface area contributed by atoms with E-state index in [4.69, 9.17) is 5.11 Å². The van der Waals surface area contributed by atoms with Gasteiger partial charge in [0.2, 0.25) is 0 Å². The van der Waals surface area contributed by atoms with E-state index in [1.54, 1.807) is 17.0 Å². The molecule has 2 rings (SSSR count). The number of hydrogen-bond donors (Lipinski definition) is 2. The topological polar surface area (TPSA) is 69.6 Å². The SMILES string of the molecule is CC(C)(C)C1CN(c2ccc(C(=O)O)cc2)C(=O)N1. The van der Waals surface area contributed by atoms with Crippen LogP contribution in [0.4, 0.5) is 10.5 Å². The number of aromatic carboxylic acids is 1. The molecular formula is C14H18N2O3. The highest BCUT2D eigenvalue weighted by molar-refractivity contribution is 5.95. The summed E-state index contributed by atoms with van der Waals surface area (Å²) in [6.07, 6.45) is 0. The van der Waals surface area contributed by atoms with Crippen LogP contribution in [-0.4, -0.2) is 29.7 Å². The third-order valence-corrected chi connectivity index (χ3v) is 3.38. The molecule has 0 radical (unpaired) electrons. The van der Waals surface area contributed by atoms with Crippen molar-refractivity contribution in [1.29, 1.82) is 0 Å². The zero-order chi connectivity index (χ0) is 14.2. The number of carbonyl (C=O) groups is 2. The molecule has 1 aromatic carbocycles. The minimum Gasteiger partial charge on any atom is -0.478 e. The molecule has 5 nitrogen and oxygen atoms in total. The summed E-state index contributed by atoms with van der Waals surface area (Å²) in [6.45, 7) is 6.83. The summed E-state index contributed by atoms with van der Waals surface area (Å²) in [5.41, 5.74) is 0.927. The number of hydrogen-bond acceptors (Lipinski definition) is 2. The average Bonchev–Trinajstić information content (AvgIpc) is 2.71. The highest BCUT2D eigenvalue weighted by atomic mass is 16.4. The van der Waals surface area contributed by atoms with Crippen molar-refractivity contribution in [3.63, 3.8) is 0 Å². The van der Waals surface area contributed by atoms with Crippen LogP contribution in [0.25, 0.3) is 0 Å². The van der Waals surface area contributed by atoms with Crippen molar-refractivity contribution in [1.82, 2.24) is 5.32 Å². The van der Waals surface area contributed by atoms with Crippen molar-refractivity contribution >= 4 is 17.7 Å². The quantitative estimate of drug-likeness (QED) is 0.859. The van der Waals surface area contributed by atoms with E-state index < -0.39 is 5.97 Å². The molecule has 1 heterocycles. The highest BCUT2D eigenvalue weighted by Crippen LogP contribution is 2.27. The summed E-state index contributed by atoms with van der Waals surface area (Å²) in [5, 5.41) is 11.8. The molecule has 0 aliphatic carbocycles. The molecule has 2 amide bonds. The van der Waals surface area contributed by atoms with Gasteiger partial charge in [-0.3, -0.25) is 4.90 Å². The van der Waals surface area contributed by atoms with Crippen LogP contribution in [0.2, 0.25) is 0 Å². The normalized spacial score (nSPS) is 19.4. The van der Waals surface area contributed by atoms with Crippen LogP contribution in [0.15, 0.2) is 24.3 Å². The lowest BCUT2D eigenvalue weighted by Crippen LogP contribution is -2.38. The fourth-order valence-corrected chi connectivity index (χ4v) is 2.04. The molecule has 1 atom stereocenters. The molecule has 1 aromatic rings. The summed E-state index contributed by atoms with van der Waals surface area (Å²) in [5.74, 6) is -0.968. The van der Waals surface area contributed by atoms with E-state index in [0.717, 1.165) is 0 Å². The Morgan fingerprint density at radius 3 is 2.32 bits per heavy atom. The van der Waals surface area contributed by atoms with Gasteiger partial charge in [-0.1, -0.05) is 20.8 Å². The van der Waals surface area contributed by atoms with Gasteiger partial charge in [-0.2, -0.15) is 0 Å². The average molecular weight is 262 g/mol. The van der Waals surface area contributed by atoms with Gasteiger partial charge in [-0.05, 0) is 29.7 Å². The Hall–Kier alpha value is -2.04. The maximum Gasteiger partial charge on any atom is 0.335 e. The number of benzene rings is 1. The molecule has 102 valence electrons. The Morgan fingerprint density at radius 1 is 1.32 bits per heavy atom. The van der Waals surface area contributed by atoms with Crippen LogP contribution in [0.3, 0.4) is 0 Å². The molecule has 1 fully saturated rings. The molecule has 0 spiro atoms. The lowest BCUT2D eigenvalue weighted by molar-refractivity contribution is 0.0697. The molecule has 1 saturated heterocycles. The molecule has 1 unspecified atom stereocenters. The second-order valence-corrected chi connectivity index (χ2v) is 5.83. The zero-order valence-corrected chi connectivity index (χ0v) is 11.3. The molecule has 5 heteroatoms. The summed E-state index contributed by atoms with van der Waals surface area (Å²) >= 11 is 0. The largest absolute Gasteiger partial charge is 0.478 e. The van der Waals surface area contributed by atoms with Crippen molar-refractivity contribution in [2.24, 2.45) is 5.41 Å².